The number of benzene rings is 1. The quantitative estimate of drug-likeness (QED) is 0.379. The third kappa shape index (κ3) is 4.16. The van der Waals surface area contributed by atoms with Crippen molar-refractivity contribution in [3.63, 3.8) is 0 Å². The zero-order valence-electron chi connectivity index (χ0n) is 11.2. The summed E-state index contributed by atoms with van der Waals surface area (Å²) in [6.07, 6.45) is 0. The molecule has 0 saturated heterocycles. The van der Waals surface area contributed by atoms with E-state index in [-0.39, 0.29) is 5.71 Å². The first-order chi connectivity index (χ1) is 10.6. The number of hydrogen-bond donors (Lipinski definition) is 4. The first kappa shape index (κ1) is 15.2. The largest absolute Gasteiger partial charge is 0.382 e. The molecule has 1 aromatic carbocycles. The maximum Gasteiger partial charge on any atom is 0.201 e. The average molecular weight is 315 g/mol. The number of aromatic nitrogens is 2. The zero-order valence-corrected chi connectivity index (χ0v) is 12.0. The number of nitriles is 1. The summed E-state index contributed by atoms with van der Waals surface area (Å²) in [5.74, 6) is 0.168. The molecule has 0 aliphatic carbocycles. The molecule has 0 spiro atoms. The van der Waals surface area contributed by atoms with Crippen LogP contribution < -0.4 is 16.5 Å². The Hall–Kier alpha value is -3.18. The van der Waals surface area contributed by atoms with Crippen molar-refractivity contribution in [1.29, 1.82) is 10.7 Å². The van der Waals surface area contributed by atoms with Gasteiger partial charge < -0.3 is 11.1 Å². The summed E-state index contributed by atoms with van der Waals surface area (Å²) in [7, 11) is 0. The lowest BCUT2D eigenvalue weighted by atomic mass is 10.3. The van der Waals surface area contributed by atoms with Gasteiger partial charge in [-0.1, -0.05) is 11.6 Å². The standard InChI is InChI=1S/C13H11ClN8/c14-11-5-6-12(22-21-11)18-8-1-3-9(4-2-8)19-20-10(7-15)13(16)17/h1-6,19H,(H3,16,17)(H,18,22)/b20-10+. The maximum absolute atomic E-state index is 8.73. The van der Waals surface area contributed by atoms with Gasteiger partial charge >= 0.3 is 0 Å². The SMILES string of the molecule is N#C/C(=N\Nc1ccc(Nc2ccc(Cl)nn2)cc1)C(=N)N. The summed E-state index contributed by atoms with van der Waals surface area (Å²) in [6, 6.07) is 12.1. The molecule has 9 heteroatoms. The molecule has 2 aromatic rings. The molecule has 22 heavy (non-hydrogen) atoms. The number of nitrogens with zero attached hydrogens (tertiary/aromatic N) is 4. The first-order valence-electron chi connectivity index (χ1n) is 6.03. The van der Waals surface area contributed by atoms with Crippen LogP contribution in [0, 0.1) is 16.7 Å². The van der Waals surface area contributed by atoms with Crippen LogP contribution in [0.2, 0.25) is 5.15 Å². The van der Waals surface area contributed by atoms with Crippen molar-refractivity contribution in [3.05, 3.63) is 41.6 Å². The predicted molar refractivity (Wildman–Crippen MR) is 85.4 cm³/mol. The second-order valence-corrected chi connectivity index (χ2v) is 4.43. The molecule has 2 rings (SSSR count). The zero-order chi connectivity index (χ0) is 15.9. The topological polar surface area (TPSA) is 136 Å². The van der Waals surface area contributed by atoms with Crippen LogP contribution in [-0.2, 0) is 0 Å². The Morgan fingerprint density at radius 3 is 2.41 bits per heavy atom. The van der Waals surface area contributed by atoms with Crippen LogP contribution in [0.4, 0.5) is 17.2 Å². The van der Waals surface area contributed by atoms with Crippen molar-refractivity contribution in [1.82, 2.24) is 10.2 Å². The van der Waals surface area contributed by atoms with E-state index in [4.69, 9.17) is 28.0 Å². The second-order valence-electron chi connectivity index (χ2n) is 4.04. The van der Waals surface area contributed by atoms with Crippen molar-refractivity contribution in [2.45, 2.75) is 0 Å². The van der Waals surface area contributed by atoms with E-state index >= 15 is 0 Å². The first-order valence-corrected chi connectivity index (χ1v) is 6.41. The fourth-order valence-electron chi connectivity index (χ4n) is 1.42. The number of hydrazone groups is 1. The molecule has 0 unspecified atom stereocenters. The highest BCUT2D eigenvalue weighted by atomic mass is 35.5. The van der Waals surface area contributed by atoms with Gasteiger partial charge in [0, 0.05) is 5.69 Å². The Morgan fingerprint density at radius 2 is 1.86 bits per heavy atom. The summed E-state index contributed by atoms with van der Waals surface area (Å²) in [6.45, 7) is 0. The lowest BCUT2D eigenvalue weighted by Gasteiger charge is -2.06. The van der Waals surface area contributed by atoms with Crippen LogP contribution in [0.25, 0.3) is 0 Å². The van der Waals surface area contributed by atoms with E-state index in [2.05, 4.69) is 26.0 Å². The van der Waals surface area contributed by atoms with Gasteiger partial charge in [0.25, 0.3) is 0 Å². The van der Waals surface area contributed by atoms with Gasteiger partial charge in [-0.25, -0.2) is 0 Å². The van der Waals surface area contributed by atoms with E-state index in [1.165, 1.54) is 0 Å². The van der Waals surface area contributed by atoms with Crippen LogP contribution in [0.1, 0.15) is 0 Å². The van der Waals surface area contributed by atoms with E-state index in [9.17, 15) is 0 Å². The summed E-state index contributed by atoms with van der Waals surface area (Å²) in [5.41, 5.74) is 9.09. The third-order valence-corrected chi connectivity index (χ3v) is 2.65. The molecule has 0 atom stereocenters. The minimum absolute atomic E-state index is 0.182. The predicted octanol–water partition coefficient (Wildman–Crippen LogP) is 2.10. The van der Waals surface area contributed by atoms with Gasteiger partial charge in [-0.3, -0.25) is 10.8 Å². The highest BCUT2D eigenvalue weighted by Crippen LogP contribution is 2.17. The normalized spacial score (nSPS) is 10.6. The molecule has 0 amide bonds. The number of rotatable bonds is 5. The van der Waals surface area contributed by atoms with E-state index < -0.39 is 5.84 Å². The molecule has 0 aliphatic heterocycles. The monoisotopic (exact) mass is 314 g/mol. The second kappa shape index (κ2) is 7.01. The molecule has 0 saturated carbocycles. The summed E-state index contributed by atoms with van der Waals surface area (Å²) >= 11 is 5.66. The van der Waals surface area contributed by atoms with Crippen LogP contribution in [0.3, 0.4) is 0 Å². The molecule has 0 radical (unpaired) electrons. The van der Waals surface area contributed by atoms with Gasteiger partial charge in [-0.15, -0.1) is 10.2 Å². The van der Waals surface area contributed by atoms with Crippen molar-refractivity contribution in [2.75, 3.05) is 10.7 Å². The van der Waals surface area contributed by atoms with Crippen LogP contribution in [0.5, 0.6) is 0 Å². The third-order valence-electron chi connectivity index (χ3n) is 2.45. The molecular formula is C13H11ClN8. The lowest BCUT2D eigenvalue weighted by Crippen LogP contribution is -2.21. The Balaban J connectivity index is 2.03. The Kier molecular flexibility index (Phi) is 4.85. The van der Waals surface area contributed by atoms with Gasteiger partial charge in [0.2, 0.25) is 5.71 Å². The van der Waals surface area contributed by atoms with E-state index in [0.29, 0.717) is 16.7 Å². The van der Waals surface area contributed by atoms with Crippen LogP contribution in [-0.4, -0.2) is 21.7 Å². The van der Waals surface area contributed by atoms with Gasteiger partial charge in [0.15, 0.2) is 16.8 Å². The summed E-state index contributed by atoms with van der Waals surface area (Å²) < 4.78 is 0. The molecule has 0 fully saturated rings. The van der Waals surface area contributed by atoms with E-state index in [0.717, 1.165) is 5.69 Å². The maximum atomic E-state index is 8.73. The fourth-order valence-corrected chi connectivity index (χ4v) is 1.53. The Labute approximate surface area is 131 Å². The Morgan fingerprint density at radius 1 is 1.18 bits per heavy atom. The summed E-state index contributed by atoms with van der Waals surface area (Å²) in [5, 5.41) is 30.6. The summed E-state index contributed by atoms with van der Waals surface area (Å²) in [4.78, 5) is 0. The van der Waals surface area contributed by atoms with Crippen molar-refractivity contribution >= 4 is 40.3 Å². The molecule has 5 N–H and O–H groups in total. The Bertz CT molecular complexity index is 730. The van der Waals surface area contributed by atoms with E-state index in [1.54, 1.807) is 42.5 Å². The number of anilines is 3. The number of halogens is 1. The average Bonchev–Trinajstić information content (AvgIpc) is 2.51. The molecule has 1 aromatic heterocycles. The molecule has 110 valence electrons. The number of hydrogen-bond acceptors (Lipinski definition) is 7. The molecular weight excluding hydrogens is 304 g/mol. The minimum atomic E-state index is -0.394. The van der Waals surface area contributed by atoms with Crippen molar-refractivity contribution in [2.24, 2.45) is 10.8 Å². The van der Waals surface area contributed by atoms with Gasteiger partial charge in [-0.05, 0) is 36.4 Å². The van der Waals surface area contributed by atoms with Gasteiger partial charge in [0.05, 0.1) is 5.69 Å². The van der Waals surface area contributed by atoms with Crippen LogP contribution in [0.15, 0.2) is 41.5 Å². The number of nitrogens with one attached hydrogen (secondary N) is 3. The van der Waals surface area contributed by atoms with Gasteiger partial charge in [-0.2, -0.15) is 10.4 Å². The van der Waals surface area contributed by atoms with E-state index in [1.807, 2.05) is 0 Å². The molecule has 0 bridgehead atoms. The van der Waals surface area contributed by atoms with Crippen LogP contribution >= 0.6 is 11.6 Å². The van der Waals surface area contributed by atoms with Crippen molar-refractivity contribution < 1.29 is 0 Å². The van der Waals surface area contributed by atoms with Crippen molar-refractivity contribution in [3.8, 4) is 6.07 Å². The minimum Gasteiger partial charge on any atom is -0.382 e. The number of nitrogens with two attached hydrogens (primary N) is 1. The highest BCUT2D eigenvalue weighted by molar-refractivity contribution is 6.45. The molecule has 0 aliphatic rings. The highest BCUT2D eigenvalue weighted by Gasteiger charge is 2.01. The molecule has 8 nitrogen and oxygen atoms in total. The smallest absolute Gasteiger partial charge is 0.201 e. The fraction of sp³-hybridized carbons (Fsp3) is 0. The number of amidine groups is 1. The molecule has 1 heterocycles. The lowest BCUT2D eigenvalue weighted by molar-refractivity contribution is 1.04. The van der Waals surface area contributed by atoms with Gasteiger partial charge in [0.1, 0.15) is 6.07 Å².